The lowest BCUT2D eigenvalue weighted by atomic mass is 10.3. The van der Waals surface area contributed by atoms with Crippen LogP contribution in [-0.4, -0.2) is 57.4 Å². The Kier molecular flexibility index (Phi) is 5.24. The lowest BCUT2D eigenvalue weighted by Gasteiger charge is -2.23. The van der Waals surface area contributed by atoms with Crippen LogP contribution in [0.4, 0.5) is 5.95 Å². The van der Waals surface area contributed by atoms with Gasteiger partial charge in [-0.3, -0.25) is 9.36 Å². The molecule has 0 aliphatic carbocycles. The van der Waals surface area contributed by atoms with Crippen LogP contribution < -0.4 is 4.90 Å². The van der Waals surface area contributed by atoms with Gasteiger partial charge in [0.05, 0.1) is 11.9 Å². The van der Waals surface area contributed by atoms with E-state index < -0.39 is 5.97 Å². The van der Waals surface area contributed by atoms with Crippen LogP contribution >= 0.6 is 11.8 Å². The summed E-state index contributed by atoms with van der Waals surface area (Å²) in [4.78, 5) is 12.8. The van der Waals surface area contributed by atoms with Crippen molar-refractivity contribution in [2.75, 3.05) is 30.3 Å². The Morgan fingerprint density at radius 1 is 1.55 bits per heavy atom. The number of carboxylic acid groups (broad SMARTS) is 1. The van der Waals surface area contributed by atoms with Gasteiger partial charge in [0, 0.05) is 26.2 Å². The molecule has 8 heteroatoms. The molecule has 0 spiro atoms. The van der Waals surface area contributed by atoms with Crippen molar-refractivity contribution in [3.05, 3.63) is 0 Å². The Bertz CT molecular complexity index is 466. The van der Waals surface area contributed by atoms with Crippen molar-refractivity contribution in [2.24, 2.45) is 0 Å². The fourth-order valence-corrected chi connectivity index (χ4v) is 2.92. The average molecular weight is 300 g/mol. The van der Waals surface area contributed by atoms with Gasteiger partial charge >= 0.3 is 5.97 Å². The Hall–Kier alpha value is -1.28. The van der Waals surface area contributed by atoms with Crippen LogP contribution in [0.25, 0.3) is 0 Å². The van der Waals surface area contributed by atoms with Gasteiger partial charge in [-0.1, -0.05) is 11.8 Å². The number of thioether (sulfide) groups is 1. The first-order valence-corrected chi connectivity index (χ1v) is 7.74. The van der Waals surface area contributed by atoms with Crippen molar-refractivity contribution in [1.82, 2.24) is 14.8 Å². The SMILES string of the molecule is CCn1c(SCC(=O)O)nnc1N1CCCOC(C)C1. The first-order chi connectivity index (χ1) is 9.61. The molecule has 2 heterocycles. The van der Waals surface area contributed by atoms with Crippen molar-refractivity contribution < 1.29 is 14.6 Å². The molecule has 2 rings (SSSR count). The number of rotatable bonds is 5. The molecule has 1 aromatic rings. The molecule has 1 aliphatic heterocycles. The molecule has 1 saturated heterocycles. The van der Waals surface area contributed by atoms with Crippen LogP contribution in [0.15, 0.2) is 5.16 Å². The van der Waals surface area contributed by atoms with Crippen LogP contribution in [0.5, 0.6) is 0 Å². The molecule has 1 N–H and O–H groups in total. The van der Waals surface area contributed by atoms with Crippen molar-refractivity contribution in [3.8, 4) is 0 Å². The molecule has 0 aromatic carbocycles. The van der Waals surface area contributed by atoms with Gasteiger partial charge in [-0.15, -0.1) is 10.2 Å². The molecule has 0 saturated carbocycles. The number of carboxylic acids is 1. The number of aromatic nitrogens is 3. The number of carbonyl (C=O) groups is 1. The number of anilines is 1. The van der Waals surface area contributed by atoms with E-state index in [9.17, 15) is 4.79 Å². The molecule has 7 nitrogen and oxygen atoms in total. The molecule has 20 heavy (non-hydrogen) atoms. The number of ether oxygens (including phenoxy) is 1. The van der Waals surface area contributed by atoms with Crippen molar-refractivity contribution >= 4 is 23.7 Å². The molecule has 1 aromatic heterocycles. The third-order valence-corrected chi connectivity index (χ3v) is 4.02. The van der Waals surface area contributed by atoms with Gasteiger partial charge in [-0.25, -0.2) is 0 Å². The molecule has 1 unspecified atom stereocenters. The highest BCUT2D eigenvalue weighted by Gasteiger charge is 2.22. The monoisotopic (exact) mass is 300 g/mol. The van der Waals surface area contributed by atoms with E-state index in [1.807, 2.05) is 18.4 Å². The summed E-state index contributed by atoms with van der Waals surface area (Å²) in [7, 11) is 0. The topological polar surface area (TPSA) is 80.5 Å². The van der Waals surface area contributed by atoms with Gasteiger partial charge < -0.3 is 14.7 Å². The fraction of sp³-hybridized carbons (Fsp3) is 0.750. The van der Waals surface area contributed by atoms with E-state index >= 15 is 0 Å². The van der Waals surface area contributed by atoms with Crippen LogP contribution in [0.2, 0.25) is 0 Å². The Morgan fingerprint density at radius 3 is 3.05 bits per heavy atom. The summed E-state index contributed by atoms with van der Waals surface area (Å²) < 4.78 is 7.60. The highest BCUT2D eigenvalue weighted by atomic mass is 32.2. The second-order valence-corrected chi connectivity index (χ2v) is 5.63. The molecule has 112 valence electrons. The minimum absolute atomic E-state index is 0.00233. The number of nitrogens with zero attached hydrogens (tertiary/aromatic N) is 4. The van der Waals surface area contributed by atoms with Crippen LogP contribution in [0.3, 0.4) is 0 Å². The summed E-state index contributed by atoms with van der Waals surface area (Å²) in [5.74, 6) is -0.0470. The molecule has 0 bridgehead atoms. The average Bonchev–Trinajstić information content (AvgIpc) is 2.70. The van der Waals surface area contributed by atoms with E-state index in [1.165, 1.54) is 11.8 Å². The standard InChI is InChI=1S/C12H20N4O3S/c1-3-16-11(13-14-12(16)20-8-10(17)18)15-5-4-6-19-9(2)7-15/h9H,3-8H2,1-2H3,(H,17,18). The van der Waals surface area contributed by atoms with Crippen molar-refractivity contribution in [3.63, 3.8) is 0 Å². The summed E-state index contributed by atoms with van der Waals surface area (Å²) in [6, 6.07) is 0. The van der Waals surface area contributed by atoms with Crippen LogP contribution in [0, 0.1) is 0 Å². The van der Waals surface area contributed by atoms with Crippen LogP contribution in [-0.2, 0) is 16.1 Å². The van der Waals surface area contributed by atoms with Crippen LogP contribution in [0.1, 0.15) is 20.3 Å². The predicted octanol–water partition coefficient (Wildman–Crippen LogP) is 1.09. The summed E-state index contributed by atoms with van der Waals surface area (Å²) in [6.07, 6.45) is 1.12. The maximum absolute atomic E-state index is 10.7. The van der Waals surface area contributed by atoms with E-state index in [0.717, 1.165) is 38.6 Å². The lowest BCUT2D eigenvalue weighted by molar-refractivity contribution is -0.133. The maximum Gasteiger partial charge on any atom is 0.313 e. The zero-order chi connectivity index (χ0) is 14.5. The number of hydrogen-bond acceptors (Lipinski definition) is 6. The molecule has 1 atom stereocenters. The third kappa shape index (κ3) is 3.63. The fourth-order valence-electron chi connectivity index (χ4n) is 2.20. The second-order valence-electron chi connectivity index (χ2n) is 4.69. The summed E-state index contributed by atoms with van der Waals surface area (Å²) in [5.41, 5.74) is 0. The van der Waals surface area contributed by atoms with Crippen molar-refractivity contribution in [2.45, 2.75) is 38.1 Å². The van der Waals surface area contributed by atoms with Gasteiger partial charge in [0.2, 0.25) is 5.95 Å². The summed E-state index contributed by atoms with van der Waals surface area (Å²) >= 11 is 1.20. The predicted molar refractivity (Wildman–Crippen MR) is 76.3 cm³/mol. The van der Waals surface area contributed by atoms with E-state index in [2.05, 4.69) is 15.1 Å². The van der Waals surface area contributed by atoms with E-state index in [0.29, 0.717) is 5.16 Å². The Labute approximate surface area is 122 Å². The molecular weight excluding hydrogens is 280 g/mol. The second kappa shape index (κ2) is 6.94. The minimum Gasteiger partial charge on any atom is -0.481 e. The van der Waals surface area contributed by atoms with E-state index in [-0.39, 0.29) is 11.9 Å². The first kappa shape index (κ1) is 15.1. The van der Waals surface area contributed by atoms with Gasteiger partial charge in [-0.05, 0) is 20.3 Å². The smallest absolute Gasteiger partial charge is 0.313 e. The van der Waals surface area contributed by atoms with E-state index in [4.69, 9.17) is 9.84 Å². The van der Waals surface area contributed by atoms with Gasteiger partial charge in [0.15, 0.2) is 5.16 Å². The highest BCUT2D eigenvalue weighted by Crippen LogP contribution is 2.23. The largest absolute Gasteiger partial charge is 0.481 e. The highest BCUT2D eigenvalue weighted by molar-refractivity contribution is 7.99. The van der Waals surface area contributed by atoms with Gasteiger partial charge in [0.1, 0.15) is 0 Å². The number of aliphatic carboxylic acids is 1. The van der Waals surface area contributed by atoms with E-state index in [1.54, 1.807) is 0 Å². The Morgan fingerprint density at radius 2 is 2.35 bits per heavy atom. The lowest BCUT2D eigenvalue weighted by Crippen LogP contribution is -2.32. The summed E-state index contributed by atoms with van der Waals surface area (Å²) in [6.45, 7) is 7.20. The zero-order valence-corrected chi connectivity index (χ0v) is 12.6. The van der Waals surface area contributed by atoms with Gasteiger partial charge in [-0.2, -0.15) is 0 Å². The quantitative estimate of drug-likeness (QED) is 0.815. The number of hydrogen-bond donors (Lipinski definition) is 1. The normalized spacial score (nSPS) is 19.9. The zero-order valence-electron chi connectivity index (χ0n) is 11.8. The maximum atomic E-state index is 10.7. The Balaban J connectivity index is 2.16. The third-order valence-electron chi connectivity index (χ3n) is 3.07. The molecule has 0 radical (unpaired) electrons. The van der Waals surface area contributed by atoms with Gasteiger partial charge in [0.25, 0.3) is 0 Å². The minimum atomic E-state index is -0.848. The summed E-state index contributed by atoms with van der Waals surface area (Å²) in [5, 5.41) is 17.8. The molecule has 1 fully saturated rings. The molecule has 0 amide bonds. The molecule has 1 aliphatic rings. The van der Waals surface area contributed by atoms with Crippen molar-refractivity contribution in [1.29, 1.82) is 0 Å². The first-order valence-electron chi connectivity index (χ1n) is 6.76. The molecular formula is C12H20N4O3S.